The van der Waals surface area contributed by atoms with E-state index in [1.54, 1.807) is 45.9 Å². The van der Waals surface area contributed by atoms with Gasteiger partial charge in [-0.25, -0.2) is 4.98 Å². The maximum atomic E-state index is 12.4. The Hall–Kier alpha value is -6.26. The quantitative estimate of drug-likeness (QED) is 0.149. The summed E-state index contributed by atoms with van der Waals surface area (Å²) in [5.74, 6) is -3.19. The number of para-hydroxylation sites is 1. The summed E-state index contributed by atoms with van der Waals surface area (Å²) < 4.78 is 56.9. The molecule has 2 aromatic heterocycles. The Labute approximate surface area is 409 Å². The fraction of sp³-hybridized carbons (Fsp3) is 0.333. The van der Waals surface area contributed by atoms with E-state index in [0.29, 0.717) is 33.4 Å². The molecule has 4 nitrogen and oxygen atoms in total. The summed E-state index contributed by atoms with van der Waals surface area (Å²) in [5, 5.41) is 12.4. The molecule has 8 rings (SSSR count). The molecule has 0 aliphatic carbocycles. The van der Waals surface area contributed by atoms with Crippen LogP contribution in [0.1, 0.15) is 168 Å². The molecule has 0 fully saturated rings. The normalized spacial score (nSPS) is 14.4. The zero-order valence-electron chi connectivity index (χ0n) is 48.0. The second kappa shape index (κ2) is 18.1. The molecule has 0 atom stereocenters. The topological polar surface area (TPSA) is 50.9 Å². The number of aryl methyl sites for hydroxylation is 1. The van der Waals surface area contributed by atoms with Gasteiger partial charge >= 0.3 is 0 Å². The molecule has 2 heterocycles. The summed E-state index contributed by atoms with van der Waals surface area (Å²) in [6.45, 7) is 25.4. The second-order valence-electron chi connectivity index (χ2n) is 21.3. The molecule has 0 aliphatic heterocycles. The smallest absolute Gasteiger partial charge is 0.149 e. The second-order valence-corrected chi connectivity index (χ2v) is 21.3. The van der Waals surface area contributed by atoms with Crippen LogP contribution in [-0.4, -0.2) is 19.6 Å². The first-order valence-electron chi connectivity index (χ1n) is 26.7. The van der Waals surface area contributed by atoms with Crippen molar-refractivity contribution in [1.82, 2.24) is 14.5 Å². The maximum Gasteiger partial charge on any atom is 0.149 e. The minimum Gasteiger partial charge on any atom is -0.507 e. The Morgan fingerprint density at radius 1 is 0.567 bits per heavy atom. The van der Waals surface area contributed by atoms with Crippen LogP contribution < -0.4 is 0 Å². The van der Waals surface area contributed by atoms with Gasteiger partial charge in [0.25, 0.3) is 0 Å². The zero-order chi connectivity index (χ0) is 53.5. The summed E-state index contributed by atoms with van der Waals surface area (Å²) in [5.41, 5.74) is 13.7. The van der Waals surface area contributed by atoms with Gasteiger partial charge in [-0.3, -0.25) is 9.55 Å². The summed E-state index contributed by atoms with van der Waals surface area (Å²) >= 11 is 0. The highest BCUT2D eigenvalue weighted by atomic mass is 16.3. The summed E-state index contributed by atoms with van der Waals surface area (Å²) in [7, 11) is 0. The zero-order valence-corrected chi connectivity index (χ0v) is 42.0. The van der Waals surface area contributed by atoms with Crippen LogP contribution in [0.25, 0.3) is 72.7 Å². The fourth-order valence-corrected chi connectivity index (χ4v) is 9.20. The van der Waals surface area contributed by atoms with E-state index in [-0.39, 0.29) is 39.4 Å². The van der Waals surface area contributed by atoms with Gasteiger partial charge in [0.1, 0.15) is 11.6 Å². The summed E-state index contributed by atoms with van der Waals surface area (Å²) in [6, 6.07) is 40.3. The number of benzene rings is 6. The van der Waals surface area contributed by atoms with E-state index in [1.807, 2.05) is 73.1 Å². The number of pyridine rings is 1. The summed E-state index contributed by atoms with van der Waals surface area (Å²) in [6.07, 6.45) is 1.86. The van der Waals surface area contributed by atoms with Crippen molar-refractivity contribution in [3.05, 3.63) is 166 Å². The first-order chi connectivity index (χ1) is 33.7. The third kappa shape index (κ3) is 9.25. The Bertz CT molecular complexity index is 3380. The standard InChI is InChI=1S/C63H71N3O/c1-37(2)45-34-53(40(7)8)60(67)54(35-45)61-65-59-52(20-17-21-57(59)66(61)56-27-24-44(30-41(56)9)58-50(38(3)4)18-16-19-51(58)39(5)6)46-31-47(33-49(32-46)63(13,14)15)55-36-43(28-29-64-55)42-22-25-48(26-23-42)62(10,11)12/h16-40,67H,1-15H3/i9D3,37D,38D,40D. The van der Waals surface area contributed by atoms with Crippen LogP contribution in [0.15, 0.2) is 128 Å². The van der Waals surface area contributed by atoms with Crippen molar-refractivity contribution in [3.8, 4) is 67.5 Å². The highest BCUT2D eigenvalue weighted by Gasteiger charge is 2.26. The number of hydrogen-bond donors (Lipinski definition) is 1. The van der Waals surface area contributed by atoms with Crippen LogP contribution >= 0.6 is 0 Å². The highest BCUT2D eigenvalue weighted by Crippen LogP contribution is 2.45. The van der Waals surface area contributed by atoms with Gasteiger partial charge in [-0.15, -0.1) is 0 Å². The van der Waals surface area contributed by atoms with E-state index in [2.05, 4.69) is 110 Å². The molecule has 0 aliphatic rings. The molecule has 0 amide bonds. The van der Waals surface area contributed by atoms with Gasteiger partial charge in [0.2, 0.25) is 0 Å². The van der Waals surface area contributed by atoms with Gasteiger partial charge in [-0.2, -0.15) is 0 Å². The molecule has 1 N–H and O–H groups in total. The van der Waals surface area contributed by atoms with Crippen molar-refractivity contribution in [3.63, 3.8) is 0 Å². The predicted octanol–water partition coefficient (Wildman–Crippen LogP) is 17.9. The molecular formula is C63H71N3O. The molecule has 0 bridgehead atoms. The van der Waals surface area contributed by atoms with Crippen molar-refractivity contribution in [2.45, 2.75) is 138 Å². The molecule has 344 valence electrons. The van der Waals surface area contributed by atoms with E-state index in [1.165, 1.54) is 5.56 Å². The Morgan fingerprint density at radius 2 is 1.22 bits per heavy atom. The maximum absolute atomic E-state index is 12.4. The highest BCUT2D eigenvalue weighted by molar-refractivity contribution is 5.97. The van der Waals surface area contributed by atoms with E-state index in [4.69, 9.17) is 9.97 Å². The predicted molar refractivity (Wildman–Crippen MR) is 286 cm³/mol. The molecule has 0 unspecified atom stereocenters. The number of imidazole rings is 1. The molecule has 67 heavy (non-hydrogen) atoms. The summed E-state index contributed by atoms with van der Waals surface area (Å²) in [4.78, 5) is 10.4. The molecule has 4 heteroatoms. The molecule has 6 aromatic carbocycles. The third-order valence-corrected chi connectivity index (χ3v) is 13.2. The van der Waals surface area contributed by atoms with Crippen molar-refractivity contribution >= 4 is 11.0 Å². The molecule has 8 aromatic rings. The van der Waals surface area contributed by atoms with Crippen molar-refractivity contribution < 1.29 is 13.3 Å². The van der Waals surface area contributed by atoms with Crippen molar-refractivity contribution in [2.24, 2.45) is 0 Å². The lowest BCUT2D eigenvalue weighted by Gasteiger charge is -2.22. The number of nitrogens with zero attached hydrogens (tertiary/aromatic N) is 3. The average molecular weight is 892 g/mol. The fourth-order valence-electron chi connectivity index (χ4n) is 9.20. The number of fused-ring (bicyclic) bond motifs is 1. The lowest BCUT2D eigenvalue weighted by molar-refractivity contribution is 0.466. The first kappa shape index (κ1) is 39.9. The van der Waals surface area contributed by atoms with Gasteiger partial charge in [0, 0.05) is 25.5 Å². The first-order valence-corrected chi connectivity index (χ1v) is 23.7. The van der Waals surface area contributed by atoms with E-state index < -0.39 is 24.5 Å². The van der Waals surface area contributed by atoms with Crippen LogP contribution in [-0.2, 0) is 10.8 Å². The monoisotopic (exact) mass is 892 g/mol. The van der Waals surface area contributed by atoms with E-state index in [0.717, 1.165) is 55.8 Å². The van der Waals surface area contributed by atoms with Gasteiger partial charge < -0.3 is 5.11 Å². The van der Waals surface area contributed by atoms with Crippen molar-refractivity contribution in [2.75, 3.05) is 0 Å². The number of rotatable bonds is 10. The molecule has 0 saturated carbocycles. The van der Waals surface area contributed by atoms with Gasteiger partial charge in [0.15, 0.2) is 0 Å². The van der Waals surface area contributed by atoms with Gasteiger partial charge in [-0.05, 0) is 157 Å². The van der Waals surface area contributed by atoms with Crippen LogP contribution in [0, 0.1) is 6.85 Å². The molecule has 0 radical (unpaired) electrons. The Morgan fingerprint density at radius 3 is 1.87 bits per heavy atom. The van der Waals surface area contributed by atoms with Crippen molar-refractivity contribution in [1.29, 1.82) is 0 Å². The number of aromatic nitrogens is 3. The Kier molecular flexibility index (Phi) is 10.8. The van der Waals surface area contributed by atoms with Crippen LogP contribution in [0.2, 0.25) is 0 Å². The lowest BCUT2D eigenvalue weighted by atomic mass is 9.83. The van der Waals surface area contributed by atoms with E-state index in [9.17, 15) is 13.3 Å². The minimum atomic E-state index is -2.63. The number of hydrogen-bond acceptors (Lipinski definition) is 3. The number of aromatic hydroxyl groups is 1. The van der Waals surface area contributed by atoms with Gasteiger partial charge in [0.05, 0.1) is 28.0 Å². The third-order valence-electron chi connectivity index (χ3n) is 13.2. The minimum absolute atomic E-state index is 0.0313. The number of phenols is 1. The lowest BCUT2D eigenvalue weighted by Crippen LogP contribution is -2.11. The SMILES string of the molecule is [2H]C([2H])([2H])c1cc(-c2c(C(C)C)cccc2C([2H])(C)C)ccc1-n1c(-c2cc(C([2H])(C)C)cc(C([2H])(C)C)c2O)nc2c(-c3cc(-c4cc(-c5ccc(C(C)(C)C)cc5)ccn4)cc(C(C)(C)C)c3)cccc21. The number of phenolic OH excluding ortho intramolecular Hbond substituents is 1. The largest absolute Gasteiger partial charge is 0.507 e. The average Bonchev–Trinajstić information content (AvgIpc) is 3.68. The Balaban J connectivity index is 1.44. The van der Waals surface area contributed by atoms with Crippen LogP contribution in [0.3, 0.4) is 0 Å². The van der Waals surface area contributed by atoms with Gasteiger partial charge in [-0.1, -0.05) is 170 Å². The van der Waals surface area contributed by atoms with E-state index >= 15 is 0 Å². The molecule has 0 saturated heterocycles. The molecule has 0 spiro atoms. The van der Waals surface area contributed by atoms with Crippen LogP contribution in [0.4, 0.5) is 0 Å². The van der Waals surface area contributed by atoms with Crippen LogP contribution in [0.5, 0.6) is 5.75 Å². The molecular weight excluding hydrogens is 815 g/mol.